The van der Waals surface area contributed by atoms with Crippen LogP contribution in [-0.2, 0) is 19.8 Å². The Bertz CT molecular complexity index is 1730. The minimum atomic E-state index is -1.64. The van der Waals surface area contributed by atoms with Crippen LogP contribution in [0.2, 0.25) is 0 Å². The molecule has 12 heteroatoms. The molecule has 2 aromatic carbocycles. The number of carbonyl (C=O) groups is 4. The zero-order valence-corrected chi connectivity index (χ0v) is 23.0. The van der Waals surface area contributed by atoms with E-state index in [1.165, 1.54) is 39.0 Å². The summed E-state index contributed by atoms with van der Waals surface area (Å²) in [5.74, 6) is -2.78. The fraction of sp³-hybridized carbons (Fsp3) is 0.250. The highest BCUT2D eigenvalue weighted by atomic mass is 32.1. The Morgan fingerprint density at radius 3 is 2.58 bits per heavy atom. The lowest BCUT2D eigenvalue weighted by Crippen LogP contribution is -2.41. The predicted octanol–water partition coefficient (Wildman–Crippen LogP) is 3.42. The average molecular weight is 564 g/mol. The lowest BCUT2D eigenvalue weighted by molar-refractivity contribution is -0.124. The molecule has 0 saturated carbocycles. The maximum atomic E-state index is 13.8. The number of phenols is 2. The number of ketones is 3. The molecule has 0 fully saturated rings. The summed E-state index contributed by atoms with van der Waals surface area (Å²) in [6.07, 6.45) is 1.12. The van der Waals surface area contributed by atoms with Gasteiger partial charge in [0.15, 0.2) is 22.5 Å². The standard InChI is InChI=1S/C28H25N3O8S/c1-11-23(35)21(13(3)32)25-22(24(11)36)28(4)18(39-25)9-16(33)20(26(28)37)12(2)29-10-19(34)31-27-30-15-7-6-14(38-5)8-17(15)40-27/h6-9,29,35-36H,10H2,1-5H3,(H,30,31,34). The third-order valence-corrected chi connectivity index (χ3v) is 8.05. The number of aromatic hydroxyl groups is 2. The zero-order valence-electron chi connectivity index (χ0n) is 22.2. The summed E-state index contributed by atoms with van der Waals surface area (Å²) < 4.78 is 11.8. The Balaban J connectivity index is 1.42. The van der Waals surface area contributed by atoms with Crippen molar-refractivity contribution in [2.45, 2.75) is 33.1 Å². The van der Waals surface area contributed by atoms with E-state index in [-0.39, 0.29) is 46.0 Å². The molecule has 2 aliphatic rings. The largest absolute Gasteiger partial charge is 0.507 e. The minimum Gasteiger partial charge on any atom is -0.507 e. The number of Topliss-reactive ketones (excluding diaryl/α,β-unsaturated/α-hetero) is 2. The monoisotopic (exact) mass is 563 g/mol. The number of aromatic nitrogens is 1. The SMILES string of the molecule is COc1ccc2nc(NC(=O)CNC(C)=C3C(=O)C=C4Oc5c(C(C)=O)c(O)c(C)c(O)c5C4(C)C3=O)sc2c1. The number of fused-ring (bicyclic) bond motifs is 4. The van der Waals surface area contributed by atoms with Crippen LogP contribution in [0.4, 0.5) is 5.13 Å². The Morgan fingerprint density at radius 2 is 1.90 bits per heavy atom. The number of nitrogens with zero attached hydrogens (tertiary/aromatic N) is 1. The van der Waals surface area contributed by atoms with E-state index in [1.54, 1.807) is 19.2 Å². The van der Waals surface area contributed by atoms with Gasteiger partial charge in [-0.1, -0.05) is 11.3 Å². The molecule has 40 heavy (non-hydrogen) atoms. The normalized spacial score (nSPS) is 19.0. The van der Waals surface area contributed by atoms with E-state index in [0.29, 0.717) is 16.4 Å². The van der Waals surface area contributed by atoms with Crippen LogP contribution in [0.25, 0.3) is 10.2 Å². The molecule has 0 radical (unpaired) electrons. The Morgan fingerprint density at radius 1 is 1.18 bits per heavy atom. The number of ether oxygens (including phenoxy) is 2. The van der Waals surface area contributed by atoms with Gasteiger partial charge < -0.3 is 30.3 Å². The molecule has 3 aromatic rings. The number of carbonyl (C=O) groups excluding carboxylic acids is 4. The molecule has 0 spiro atoms. The highest BCUT2D eigenvalue weighted by Gasteiger charge is 2.56. The van der Waals surface area contributed by atoms with E-state index < -0.39 is 40.2 Å². The van der Waals surface area contributed by atoms with E-state index in [0.717, 1.165) is 10.8 Å². The first-order chi connectivity index (χ1) is 18.9. The maximum absolute atomic E-state index is 13.8. The molecule has 2 heterocycles. The van der Waals surface area contributed by atoms with Crippen LogP contribution in [0.1, 0.15) is 42.3 Å². The van der Waals surface area contributed by atoms with Gasteiger partial charge in [0.25, 0.3) is 0 Å². The summed E-state index contributed by atoms with van der Waals surface area (Å²) in [6.45, 7) is 5.33. The van der Waals surface area contributed by atoms with Crippen LogP contribution in [0, 0.1) is 6.92 Å². The summed E-state index contributed by atoms with van der Waals surface area (Å²) in [6, 6.07) is 5.35. The van der Waals surface area contributed by atoms with Gasteiger partial charge in [-0.15, -0.1) is 0 Å². The van der Waals surface area contributed by atoms with E-state index >= 15 is 0 Å². The molecular formula is C28H25N3O8S. The van der Waals surface area contributed by atoms with E-state index in [1.807, 2.05) is 6.07 Å². The van der Waals surface area contributed by atoms with Gasteiger partial charge in [0.1, 0.15) is 39.7 Å². The van der Waals surface area contributed by atoms with Crippen molar-refractivity contribution in [3.8, 4) is 23.0 Å². The molecule has 11 nitrogen and oxygen atoms in total. The first kappa shape index (κ1) is 26.9. The smallest absolute Gasteiger partial charge is 0.245 e. The number of thiazole rings is 1. The highest BCUT2D eigenvalue weighted by molar-refractivity contribution is 7.22. The molecule has 1 atom stereocenters. The van der Waals surface area contributed by atoms with Gasteiger partial charge >= 0.3 is 0 Å². The van der Waals surface area contributed by atoms with Gasteiger partial charge in [-0.05, 0) is 45.9 Å². The molecule has 1 aromatic heterocycles. The van der Waals surface area contributed by atoms with Crippen molar-refractivity contribution < 1.29 is 38.9 Å². The highest BCUT2D eigenvalue weighted by Crippen LogP contribution is 2.57. The molecule has 206 valence electrons. The minimum absolute atomic E-state index is 0.00469. The molecule has 1 unspecified atom stereocenters. The molecule has 1 aliphatic heterocycles. The fourth-order valence-electron chi connectivity index (χ4n) is 4.91. The van der Waals surface area contributed by atoms with E-state index in [4.69, 9.17) is 9.47 Å². The van der Waals surface area contributed by atoms with Gasteiger partial charge in [-0.3, -0.25) is 19.2 Å². The van der Waals surface area contributed by atoms with E-state index in [2.05, 4.69) is 15.6 Å². The van der Waals surface area contributed by atoms with Gasteiger partial charge in [-0.25, -0.2) is 4.98 Å². The van der Waals surface area contributed by atoms with Gasteiger partial charge in [0.2, 0.25) is 5.91 Å². The lowest BCUT2D eigenvalue weighted by Gasteiger charge is -2.29. The Kier molecular flexibility index (Phi) is 6.38. The van der Waals surface area contributed by atoms with Gasteiger partial charge in [-0.2, -0.15) is 0 Å². The molecular weight excluding hydrogens is 538 g/mol. The molecule has 1 aliphatic carbocycles. The van der Waals surface area contributed by atoms with Crippen LogP contribution < -0.4 is 20.1 Å². The van der Waals surface area contributed by atoms with Crippen molar-refractivity contribution in [2.75, 3.05) is 19.0 Å². The van der Waals surface area contributed by atoms with Gasteiger partial charge in [0, 0.05) is 17.3 Å². The van der Waals surface area contributed by atoms with Crippen molar-refractivity contribution in [1.29, 1.82) is 0 Å². The van der Waals surface area contributed by atoms with Crippen LogP contribution in [0.3, 0.4) is 0 Å². The second kappa shape index (κ2) is 9.49. The number of nitrogens with one attached hydrogen (secondary N) is 2. The summed E-state index contributed by atoms with van der Waals surface area (Å²) >= 11 is 1.27. The summed E-state index contributed by atoms with van der Waals surface area (Å²) in [5.41, 5.74) is -1.22. The van der Waals surface area contributed by atoms with Crippen LogP contribution >= 0.6 is 11.3 Å². The van der Waals surface area contributed by atoms with E-state index in [9.17, 15) is 29.4 Å². The number of hydrogen-bond acceptors (Lipinski definition) is 11. The summed E-state index contributed by atoms with van der Waals surface area (Å²) in [7, 11) is 1.56. The summed E-state index contributed by atoms with van der Waals surface area (Å²) in [4.78, 5) is 56.2. The Hall–Kier alpha value is -4.71. The number of methoxy groups -OCH3 is 1. The van der Waals surface area contributed by atoms with Crippen molar-refractivity contribution in [2.24, 2.45) is 0 Å². The second-order valence-corrected chi connectivity index (χ2v) is 10.7. The zero-order chi connectivity index (χ0) is 29.1. The number of hydrogen-bond donors (Lipinski definition) is 4. The molecule has 0 bridgehead atoms. The van der Waals surface area contributed by atoms with Crippen LogP contribution in [0.5, 0.6) is 23.0 Å². The Labute approximate surface area is 232 Å². The predicted molar refractivity (Wildman–Crippen MR) is 146 cm³/mol. The second-order valence-electron chi connectivity index (χ2n) is 9.64. The van der Waals surface area contributed by atoms with Crippen LogP contribution in [-0.4, -0.2) is 52.1 Å². The molecule has 0 saturated heterocycles. The van der Waals surface area contributed by atoms with Crippen molar-refractivity contribution >= 4 is 49.9 Å². The van der Waals surface area contributed by atoms with Crippen LogP contribution in [0.15, 0.2) is 41.3 Å². The lowest BCUT2D eigenvalue weighted by atomic mass is 9.70. The number of rotatable bonds is 6. The fourth-order valence-corrected chi connectivity index (χ4v) is 5.82. The first-order valence-corrected chi connectivity index (χ1v) is 13.0. The quantitative estimate of drug-likeness (QED) is 0.198. The third kappa shape index (κ3) is 3.99. The van der Waals surface area contributed by atoms with Gasteiger partial charge in [0.05, 0.1) is 35.0 Å². The number of allylic oxidation sites excluding steroid dienone is 4. The number of anilines is 1. The topological polar surface area (TPSA) is 164 Å². The van der Waals surface area contributed by atoms with Crippen molar-refractivity contribution in [3.05, 3.63) is 58.0 Å². The number of amides is 1. The first-order valence-electron chi connectivity index (χ1n) is 12.2. The number of phenolic OH excluding ortho intramolecular Hbond substituents is 2. The molecule has 4 N–H and O–H groups in total. The number of benzene rings is 2. The summed E-state index contributed by atoms with van der Waals surface area (Å²) in [5, 5.41) is 27.3. The molecule has 1 amide bonds. The third-order valence-electron chi connectivity index (χ3n) is 7.12. The van der Waals surface area contributed by atoms with Crippen molar-refractivity contribution in [1.82, 2.24) is 10.3 Å². The maximum Gasteiger partial charge on any atom is 0.245 e. The average Bonchev–Trinajstić information content (AvgIpc) is 3.43. The van der Waals surface area contributed by atoms with Crippen molar-refractivity contribution in [3.63, 3.8) is 0 Å². The molecule has 5 rings (SSSR count).